The predicted octanol–water partition coefficient (Wildman–Crippen LogP) is 8.06. The van der Waals surface area contributed by atoms with Crippen LogP contribution >= 0.6 is 0 Å². The summed E-state index contributed by atoms with van der Waals surface area (Å²) in [5, 5.41) is 20.2. The number of aromatic nitrogens is 5. The number of carbonyl (C=O) groups excluding carboxylic acids is 1. The fourth-order valence-corrected chi connectivity index (χ4v) is 7.14. The summed E-state index contributed by atoms with van der Waals surface area (Å²) in [7, 11) is 0. The minimum Gasteiger partial charge on any atom is -0.484 e. The molecule has 1 aliphatic carbocycles. The third-order valence-corrected chi connectivity index (χ3v) is 9.80. The Bertz CT molecular complexity index is 1910. The van der Waals surface area contributed by atoms with Gasteiger partial charge in [0, 0.05) is 23.6 Å². The molecule has 48 heavy (non-hydrogen) atoms. The van der Waals surface area contributed by atoms with Crippen molar-refractivity contribution in [1.82, 2.24) is 29.7 Å². The van der Waals surface area contributed by atoms with Crippen LogP contribution < -0.4 is 20.3 Å². The number of amides is 2. The fraction of sp³-hybridized carbons (Fsp3) is 0.421. The summed E-state index contributed by atoms with van der Waals surface area (Å²) >= 11 is 0. The largest absolute Gasteiger partial charge is 0.484 e. The van der Waals surface area contributed by atoms with Crippen molar-refractivity contribution in [2.45, 2.75) is 103 Å². The van der Waals surface area contributed by atoms with Crippen LogP contribution in [0.25, 0.3) is 11.3 Å². The average Bonchev–Trinajstić information content (AvgIpc) is 3.67. The molecule has 5 aromatic rings. The minimum absolute atomic E-state index is 0.148. The molecule has 250 valence electrons. The first kappa shape index (κ1) is 31.7. The topological polar surface area (TPSA) is 102 Å². The molecule has 1 fully saturated rings. The molecule has 0 spiro atoms. The first-order valence-electron chi connectivity index (χ1n) is 17.2. The van der Waals surface area contributed by atoms with Crippen molar-refractivity contribution in [2.75, 3.05) is 10.2 Å². The van der Waals surface area contributed by atoms with Crippen molar-refractivity contribution >= 4 is 23.4 Å². The Morgan fingerprint density at radius 2 is 1.62 bits per heavy atom. The van der Waals surface area contributed by atoms with Crippen molar-refractivity contribution in [3.05, 3.63) is 95.3 Å². The summed E-state index contributed by atoms with van der Waals surface area (Å²) in [4.78, 5) is 15.9. The monoisotopic (exact) mass is 646 g/mol. The van der Waals surface area contributed by atoms with E-state index in [4.69, 9.17) is 9.84 Å². The van der Waals surface area contributed by atoms with Gasteiger partial charge in [0.05, 0.1) is 23.6 Å². The van der Waals surface area contributed by atoms with Gasteiger partial charge in [-0.3, -0.25) is 9.72 Å². The number of fused-ring (bicyclic) bond motifs is 2. The summed E-state index contributed by atoms with van der Waals surface area (Å²) in [6.07, 6.45) is 6.89. The Labute approximate surface area is 282 Å². The molecule has 0 saturated carbocycles. The molecular formula is C38H46N8O2. The Hall–Kier alpha value is -4.86. The maximum Gasteiger partial charge on any atom is 0.320 e. The molecule has 4 heterocycles. The molecule has 0 unspecified atom stereocenters. The van der Waals surface area contributed by atoms with E-state index in [1.54, 1.807) is 0 Å². The SMILES string of the molecule is Cc1ccc(-n2nc(C(C)(C)C)cc2NC(=O)N[C@H]2CC[C@@H](Oc3ccc4nnc(N5[C@H](C)CCC[C@@H]5C)n4c3)c3ccccc32)cc1. The van der Waals surface area contributed by atoms with Gasteiger partial charge in [-0.05, 0) is 88.3 Å². The normalized spacial score (nSPS) is 21.2. The molecule has 3 aromatic heterocycles. The smallest absolute Gasteiger partial charge is 0.320 e. The molecule has 4 atom stereocenters. The second-order valence-corrected chi connectivity index (χ2v) is 14.5. The van der Waals surface area contributed by atoms with Crippen molar-refractivity contribution in [3.63, 3.8) is 0 Å². The third kappa shape index (κ3) is 6.23. The second-order valence-electron chi connectivity index (χ2n) is 14.5. The number of nitrogens with zero attached hydrogens (tertiary/aromatic N) is 6. The quantitative estimate of drug-likeness (QED) is 0.194. The summed E-state index contributed by atoms with van der Waals surface area (Å²) in [5.41, 5.74) is 5.73. The number of aryl methyl sites for hydroxylation is 1. The number of hydrogen-bond donors (Lipinski definition) is 2. The summed E-state index contributed by atoms with van der Waals surface area (Å²) in [5.74, 6) is 2.26. The number of piperidine rings is 1. The Balaban J connectivity index is 1.09. The van der Waals surface area contributed by atoms with Gasteiger partial charge in [-0.25, -0.2) is 9.48 Å². The highest BCUT2D eigenvalue weighted by atomic mass is 16.5. The van der Waals surface area contributed by atoms with E-state index in [9.17, 15) is 4.79 Å². The minimum atomic E-state index is -0.269. The van der Waals surface area contributed by atoms with Crippen LogP contribution in [0.5, 0.6) is 5.75 Å². The highest BCUT2D eigenvalue weighted by Gasteiger charge is 2.31. The molecule has 2 N–H and O–H groups in total. The summed E-state index contributed by atoms with van der Waals surface area (Å²) in [6.45, 7) is 12.9. The maximum absolute atomic E-state index is 13.6. The van der Waals surface area contributed by atoms with Gasteiger partial charge in [-0.2, -0.15) is 5.10 Å². The van der Waals surface area contributed by atoms with Crippen LogP contribution in [0.4, 0.5) is 16.6 Å². The van der Waals surface area contributed by atoms with Crippen LogP contribution in [-0.2, 0) is 5.41 Å². The molecule has 10 nitrogen and oxygen atoms in total. The van der Waals surface area contributed by atoms with Gasteiger partial charge in [0.25, 0.3) is 0 Å². The Morgan fingerprint density at radius 3 is 2.35 bits per heavy atom. The van der Waals surface area contributed by atoms with E-state index >= 15 is 0 Å². The van der Waals surface area contributed by atoms with Crippen LogP contribution in [0.2, 0.25) is 0 Å². The zero-order valence-electron chi connectivity index (χ0n) is 28.8. The lowest BCUT2D eigenvalue weighted by molar-refractivity contribution is 0.171. The van der Waals surface area contributed by atoms with Crippen LogP contribution in [0.1, 0.15) is 101 Å². The third-order valence-electron chi connectivity index (χ3n) is 9.80. The van der Waals surface area contributed by atoms with E-state index in [-0.39, 0.29) is 23.6 Å². The fourth-order valence-electron chi connectivity index (χ4n) is 7.14. The van der Waals surface area contributed by atoms with Gasteiger partial charge in [-0.1, -0.05) is 62.7 Å². The Morgan fingerprint density at radius 1 is 0.896 bits per heavy atom. The van der Waals surface area contributed by atoms with Gasteiger partial charge in [0.1, 0.15) is 17.7 Å². The zero-order valence-corrected chi connectivity index (χ0v) is 28.8. The standard InChI is InChI=1S/C38H46N8O2/c1-24-14-16-27(17-15-24)46-35(22-33(43-46)38(4,5)6)40-36(47)39-31-19-20-32(30-13-8-7-12-29(30)31)48-28-18-21-34-41-42-37(44(34)23-28)45-25(2)10-9-11-26(45)3/h7-8,12-18,21-23,25-26,31-32H,9-11,19-20H2,1-6H3,(H2,39,40,47)/t25-,26+,31-,32+/m0/s1. The first-order valence-corrected chi connectivity index (χ1v) is 17.2. The molecule has 1 aliphatic heterocycles. The van der Waals surface area contributed by atoms with Crippen molar-refractivity contribution in [3.8, 4) is 11.4 Å². The highest BCUT2D eigenvalue weighted by molar-refractivity contribution is 5.89. The molecule has 1 saturated heterocycles. The number of ether oxygens (including phenoxy) is 1. The molecule has 7 rings (SSSR count). The van der Waals surface area contributed by atoms with E-state index < -0.39 is 0 Å². The second kappa shape index (κ2) is 12.6. The summed E-state index contributed by atoms with van der Waals surface area (Å²) < 4.78 is 10.5. The Kier molecular flexibility index (Phi) is 8.35. The number of carbonyl (C=O) groups is 1. The molecule has 10 heteroatoms. The number of nitrogens with one attached hydrogen (secondary N) is 2. The zero-order chi connectivity index (χ0) is 33.6. The van der Waals surface area contributed by atoms with Gasteiger partial charge in [-0.15, -0.1) is 10.2 Å². The molecule has 2 amide bonds. The van der Waals surface area contributed by atoms with Crippen molar-refractivity contribution < 1.29 is 9.53 Å². The maximum atomic E-state index is 13.6. The van der Waals surface area contributed by atoms with Crippen LogP contribution in [0.3, 0.4) is 0 Å². The van der Waals surface area contributed by atoms with Gasteiger partial charge < -0.3 is 15.0 Å². The van der Waals surface area contributed by atoms with Gasteiger partial charge in [0.2, 0.25) is 5.95 Å². The van der Waals surface area contributed by atoms with E-state index in [0.717, 1.165) is 65.5 Å². The number of anilines is 2. The van der Waals surface area contributed by atoms with Crippen molar-refractivity contribution in [1.29, 1.82) is 0 Å². The molecule has 2 aliphatic rings. The molecule has 0 bridgehead atoms. The number of hydrogen-bond acceptors (Lipinski definition) is 6. The van der Waals surface area contributed by atoms with E-state index in [0.29, 0.717) is 17.9 Å². The van der Waals surface area contributed by atoms with E-state index in [2.05, 4.69) is 83.8 Å². The van der Waals surface area contributed by atoms with Crippen LogP contribution in [-0.4, -0.2) is 42.5 Å². The van der Waals surface area contributed by atoms with E-state index in [1.807, 2.05) is 65.5 Å². The first-order chi connectivity index (χ1) is 23.0. The lowest BCUT2D eigenvalue weighted by atomic mass is 9.85. The van der Waals surface area contributed by atoms with Gasteiger partial charge >= 0.3 is 6.03 Å². The number of pyridine rings is 1. The van der Waals surface area contributed by atoms with Gasteiger partial charge in [0.15, 0.2) is 5.65 Å². The lowest BCUT2D eigenvalue weighted by Crippen LogP contribution is -2.44. The molecular weight excluding hydrogens is 600 g/mol. The van der Waals surface area contributed by atoms with Crippen molar-refractivity contribution in [2.24, 2.45) is 0 Å². The lowest BCUT2D eigenvalue weighted by Gasteiger charge is -2.39. The highest BCUT2D eigenvalue weighted by Crippen LogP contribution is 2.39. The predicted molar refractivity (Wildman–Crippen MR) is 189 cm³/mol. The van der Waals surface area contributed by atoms with E-state index in [1.165, 1.54) is 12.0 Å². The van der Waals surface area contributed by atoms with Crippen LogP contribution in [0, 0.1) is 6.92 Å². The number of urea groups is 1. The number of rotatable bonds is 6. The number of benzene rings is 2. The molecule has 0 radical (unpaired) electrons. The average molecular weight is 647 g/mol. The molecule has 2 aromatic carbocycles. The summed E-state index contributed by atoms with van der Waals surface area (Å²) in [6, 6.07) is 22.7. The van der Waals surface area contributed by atoms with Crippen LogP contribution in [0.15, 0.2) is 72.9 Å².